The second-order valence-electron chi connectivity index (χ2n) is 4.49. The van der Waals surface area contributed by atoms with E-state index in [1.165, 1.54) is 18.9 Å². The SMILES string of the molecule is CN=C(NCc1cc(Br)ccc1F)NCC1CC1. The highest BCUT2D eigenvalue weighted by Gasteiger charge is 2.21. The molecule has 1 aliphatic rings. The second kappa shape index (κ2) is 6.18. The van der Waals surface area contributed by atoms with Crippen LogP contribution in [0.15, 0.2) is 27.7 Å². The average Bonchev–Trinajstić information content (AvgIpc) is 3.17. The van der Waals surface area contributed by atoms with E-state index in [1.54, 1.807) is 19.2 Å². The minimum atomic E-state index is -0.205. The molecule has 1 aliphatic carbocycles. The summed E-state index contributed by atoms with van der Waals surface area (Å²) >= 11 is 3.34. The lowest BCUT2D eigenvalue weighted by Gasteiger charge is -2.12. The van der Waals surface area contributed by atoms with Gasteiger partial charge < -0.3 is 10.6 Å². The van der Waals surface area contributed by atoms with Gasteiger partial charge in [-0.3, -0.25) is 4.99 Å². The van der Waals surface area contributed by atoms with Gasteiger partial charge in [0.15, 0.2) is 5.96 Å². The van der Waals surface area contributed by atoms with E-state index in [0.717, 1.165) is 22.9 Å². The standard InChI is InChI=1S/C13H17BrFN3/c1-16-13(17-7-9-2-3-9)18-8-10-6-11(14)4-5-12(10)15/h4-6,9H,2-3,7-8H2,1H3,(H2,16,17,18). The summed E-state index contributed by atoms with van der Waals surface area (Å²) in [5, 5.41) is 6.36. The Bertz CT molecular complexity index is 444. The number of aliphatic imine (C=N–C) groups is 1. The normalized spacial score (nSPS) is 15.6. The molecule has 2 rings (SSSR count). The molecule has 0 aromatic heterocycles. The first-order chi connectivity index (χ1) is 8.69. The van der Waals surface area contributed by atoms with Gasteiger partial charge in [-0.2, -0.15) is 0 Å². The van der Waals surface area contributed by atoms with E-state index < -0.39 is 0 Å². The molecule has 1 fully saturated rings. The quantitative estimate of drug-likeness (QED) is 0.662. The van der Waals surface area contributed by atoms with Crippen molar-refractivity contribution in [2.24, 2.45) is 10.9 Å². The summed E-state index contributed by atoms with van der Waals surface area (Å²) in [5.41, 5.74) is 0.624. The Labute approximate surface area is 115 Å². The molecule has 0 aliphatic heterocycles. The van der Waals surface area contributed by atoms with Crippen molar-refractivity contribution in [3.63, 3.8) is 0 Å². The first-order valence-corrected chi connectivity index (χ1v) is 6.87. The molecule has 0 radical (unpaired) electrons. The van der Waals surface area contributed by atoms with E-state index in [-0.39, 0.29) is 5.82 Å². The van der Waals surface area contributed by atoms with Crippen molar-refractivity contribution in [2.45, 2.75) is 19.4 Å². The van der Waals surface area contributed by atoms with Gasteiger partial charge in [0, 0.05) is 30.2 Å². The number of nitrogens with one attached hydrogen (secondary N) is 2. The lowest BCUT2D eigenvalue weighted by Crippen LogP contribution is -2.38. The third-order valence-corrected chi connectivity index (χ3v) is 3.43. The van der Waals surface area contributed by atoms with Crippen LogP contribution >= 0.6 is 15.9 Å². The third-order valence-electron chi connectivity index (χ3n) is 2.93. The Morgan fingerprint density at radius 3 is 2.89 bits per heavy atom. The zero-order valence-electron chi connectivity index (χ0n) is 10.3. The number of nitrogens with zero attached hydrogens (tertiary/aromatic N) is 1. The van der Waals surface area contributed by atoms with Crippen molar-refractivity contribution >= 4 is 21.9 Å². The fourth-order valence-electron chi connectivity index (χ4n) is 1.64. The van der Waals surface area contributed by atoms with Crippen molar-refractivity contribution < 1.29 is 4.39 Å². The molecule has 0 spiro atoms. The van der Waals surface area contributed by atoms with Crippen LogP contribution in [0.3, 0.4) is 0 Å². The Kier molecular flexibility index (Phi) is 4.58. The molecule has 98 valence electrons. The van der Waals surface area contributed by atoms with Crippen LogP contribution in [0.2, 0.25) is 0 Å². The smallest absolute Gasteiger partial charge is 0.191 e. The fourth-order valence-corrected chi connectivity index (χ4v) is 2.05. The summed E-state index contributed by atoms with van der Waals surface area (Å²) in [6.07, 6.45) is 2.59. The number of hydrogen-bond acceptors (Lipinski definition) is 1. The van der Waals surface area contributed by atoms with E-state index in [0.29, 0.717) is 12.1 Å². The maximum Gasteiger partial charge on any atom is 0.191 e. The van der Waals surface area contributed by atoms with Gasteiger partial charge in [-0.25, -0.2) is 4.39 Å². The van der Waals surface area contributed by atoms with Gasteiger partial charge in [0.2, 0.25) is 0 Å². The molecule has 5 heteroatoms. The van der Waals surface area contributed by atoms with Crippen molar-refractivity contribution in [1.29, 1.82) is 0 Å². The zero-order chi connectivity index (χ0) is 13.0. The van der Waals surface area contributed by atoms with Gasteiger partial charge in [0.25, 0.3) is 0 Å². The highest BCUT2D eigenvalue weighted by molar-refractivity contribution is 9.10. The van der Waals surface area contributed by atoms with Gasteiger partial charge in [0.05, 0.1) is 0 Å². The molecule has 1 aromatic carbocycles. The number of guanidine groups is 1. The molecule has 3 nitrogen and oxygen atoms in total. The molecule has 18 heavy (non-hydrogen) atoms. The number of benzene rings is 1. The molecule has 0 atom stereocenters. The maximum absolute atomic E-state index is 13.5. The minimum absolute atomic E-state index is 0.205. The Morgan fingerprint density at radius 1 is 1.44 bits per heavy atom. The molecular formula is C13H17BrFN3. The zero-order valence-corrected chi connectivity index (χ0v) is 11.9. The van der Waals surface area contributed by atoms with E-state index in [9.17, 15) is 4.39 Å². The third kappa shape index (κ3) is 3.98. The van der Waals surface area contributed by atoms with Crippen LogP contribution in [-0.4, -0.2) is 19.6 Å². The predicted octanol–water partition coefficient (Wildman–Crippen LogP) is 2.66. The number of hydrogen-bond donors (Lipinski definition) is 2. The van der Waals surface area contributed by atoms with Crippen molar-refractivity contribution in [3.8, 4) is 0 Å². The van der Waals surface area contributed by atoms with E-state index in [4.69, 9.17) is 0 Å². The molecule has 0 heterocycles. The second-order valence-corrected chi connectivity index (χ2v) is 5.40. The summed E-state index contributed by atoms with van der Waals surface area (Å²) < 4.78 is 14.4. The van der Waals surface area contributed by atoms with E-state index in [2.05, 4.69) is 31.6 Å². The summed E-state index contributed by atoms with van der Waals surface area (Å²) in [6.45, 7) is 1.37. The van der Waals surface area contributed by atoms with Crippen LogP contribution in [0.5, 0.6) is 0 Å². The van der Waals surface area contributed by atoms with Crippen LogP contribution in [0.4, 0.5) is 4.39 Å². The molecular weight excluding hydrogens is 297 g/mol. The van der Waals surface area contributed by atoms with Crippen LogP contribution in [-0.2, 0) is 6.54 Å². The molecule has 1 saturated carbocycles. The Balaban J connectivity index is 1.86. The van der Waals surface area contributed by atoms with Crippen LogP contribution in [0.25, 0.3) is 0 Å². The fraction of sp³-hybridized carbons (Fsp3) is 0.462. The summed E-state index contributed by atoms with van der Waals surface area (Å²) in [6, 6.07) is 4.93. The summed E-state index contributed by atoms with van der Waals surface area (Å²) in [7, 11) is 1.72. The monoisotopic (exact) mass is 313 g/mol. The molecule has 0 amide bonds. The number of rotatable bonds is 4. The Morgan fingerprint density at radius 2 is 2.22 bits per heavy atom. The maximum atomic E-state index is 13.5. The van der Waals surface area contributed by atoms with Gasteiger partial charge in [-0.1, -0.05) is 15.9 Å². The van der Waals surface area contributed by atoms with Crippen LogP contribution in [0, 0.1) is 11.7 Å². The lowest BCUT2D eigenvalue weighted by molar-refractivity contribution is 0.604. The number of halogens is 2. The topological polar surface area (TPSA) is 36.4 Å². The molecule has 0 unspecified atom stereocenters. The van der Waals surface area contributed by atoms with Gasteiger partial charge >= 0.3 is 0 Å². The van der Waals surface area contributed by atoms with Gasteiger partial charge in [-0.15, -0.1) is 0 Å². The van der Waals surface area contributed by atoms with Crippen molar-refractivity contribution in [3.05, 3.63) is 34.1 Å². The van der Waals surface area contributed by atoms with Crippen LogP contribution < -0.4 is 10.6 Å². The van der Waals surface area contributed by atoms with Gasteiger partial charge in [0.1, 0.15) is 5.82 Å². The molecule has 0 bridgehead atoms. The Hall–Kier alpha value is -1.10. The minimum Gasteiger partial charge on any atom is -0.356 e. The predicted molar refractivity (Wildman–Crippen MR) is 75.0 cm³/mol. The first-order valence-electron chi connectivity index (χ1n) is 6.07. The van der Waals surface area contributed by atoms with E-state index in [1.807, 2.05) is 0 Å². The van der Waals surface area contributed by atoms with Gasteiger partial charge in [-0.05, 0) is 37.0 Å². The molecule has 0 saturated heterocycles. The van der Waals surface area contributed by atoms with Crippen molar-refractivity contribution in [1.82, 2.24) is 10.6 Å². The highest BCUT2D eigenvalue weighted by atomic mass is 79.9. The lowest BCUT2D eigenvalue weighted by atomic mass is 10.2. The molecule has 2 N–H and O–H groups in total. The highest BCUT2D eigenvalue weighted by Crippen LogP contribution is 2.27. The molecule has 1 aromatic rings. The summed E-state index contributed by atoms with van der Waals surface area (Å²) in [5.74, 6) is 1.30. The first kappa shape index (κ1) is 13.3. The largest absolute Gasteiger partial charge is 0.356 e. The van der Waals surface area contributed by atoms with E-state index >= 15 is 0 Å². The van der Waals surface area contributed by atoms with Crippen LogP contribution in [0.1, 0.15) is 18.4 Å². The average molecular weight is 314 g/mol. The summed E-state index contributed by atoms with van der Waals surface area (Å²) in [4.78, 5) is 4.12. The van der Waals surface area contributed by atoms with Crippen molar-refractivity contribution in [2.75, 3.05) is 13.6 Å².